The average molecular weight is 411 g/mol. The second kappa shape index (κ2) is 11.4. The van der Waals surface area contributed by atoms with Crippen LogP contribution in [0.5, 0.6) is 5.75 Å². The van der Waals surface area contributed by atoms with E-state index >= 15 is 0 Å². The van der Waals surface area contributed by atoms with E-state index in [9.17, 15) is 9.59 Å². The Morgan fingerprint density at radius 3 is 2.40 bits per heavy atom. The van der Waals surface area contributed by atoms with Crippen LogP contribution in [0.4, 0.5) is 0 Å². The molecule has 0 aliphatic rings. The van der Waals surface area contributed by atoms with Crippen molar-refractivity contribution in [3.05, 3.63) is 65.2 Å². The minimum atomic E-state index is -0.572. The first-order valence-corrected chi connectivity index (χ1v) is 10.7. The van der Waals surface area contributed by atoms with Crippen LogP contribution in [-0.4, -0.2) is 41.9 Å². The lowest BCUT2D eigenvalue weighted by atomic mass is 10.1. The molecule has 2 aromatic carbocycles. The van der Waals surface area contributed by atoms with Crippen molar-refractivity contribution in [3.8, 4) is 5.75 Å². The minimum absolute atomic E-state index is 0.0669. The van der Waals surface area contributed by atoms with E-state index in [1.54, 1.807) is 11.8 Å². The number of carbonyl (C=O) groups excluding carboxylic acids is 2. The molecular formula is C25H34N2O3. The van der Waals surface area contributed by atoms with E-state index in [2.05, 4.69) is 5.32 Å². The Hall–Kier alpha value is -2.82. The van der Waals surface area contributed by atoms with Gasteiger partial charge in [-0.3, -0.25) is 9.59 Å². The fraction of sp³-hybridized carbons (Fsp3) is 0.440. The molecule has 0 saturated heterocycles. The maximum atomic E-state index is 13.1. The van der Waals surface area contributed by atoms with Crippen LogP contribution < -0.4 is 10.1 Å². The molecule has 0 aliphatic heterocycles. The predicted molar refractivity (Wildman–Crippen MR) is 121 cm³/mol. The van der Waals surface area contributed by atoms with Crippen LogP contribution in [0.1, 0.15) is 43.9 Å². The average Bonchev–Trinajstić information content (AvgIpc) is 2.75. The Balaban J connectivity index is 2.10. The number of nitrogens with zero attached hydrogens (tertiary/aromatic N) is 1. The highest BCUT2D eigenvalue weighted by molar-refractivity contribution is 5.88. The van der Waals surface area contributed by atoms with E-state index in [0.717, 1.165) is 23.1 Å². The Morgan fingerprint density at radius 1 is 1.03 bits per heavy atom. The van der Waals surface area contributed by atoms with Crippen molar-refractivity contribution >= 4 is 11.8 Å². The maximum absolute atomic E-state index is 13.1. The number of ether oxygens (including phenoxy) is 1. The van der Waals surface area contributed by atoms with Crippen LogP contribution in [-0.2, 0) is 16.0 Å². The molecule has 0 aliphatic carbocycles. The molecule has 2 rings (SSSR count). The molecule has 0 unspecified atom stereocenters. The van der Waals surface area contributed by atoms with Crippen LogP contribution in [0.2, 0.25) is 0 Å². The summed E-state index contributed by atoms with van der Waals surface area (Å²) in [5.74, 6) is 0.360. The van der Waals surface area contributed by atoms with Crippen LogP contribution >= 0.6 is 0 Å². The number of nitrogens with one attached hydrogen (secondary N) is 1. The number of aryl methyl sites for hydroxylation is 1. The van der Waals surface area contributed by atoms with Crippen LogP contribution in [0.15, 0.2) is 48.5 Å². The summed E-state index contributed by atoms with van der Waals surface area (Å²) in [5, 5.41) is 2.98. The van der Waals surface area contributed by atoms with Crippen molar-refractivity contribution in [2.45, 2.75) is 59.5 Å². The van der Waals surface area contributed by atoms with Gasteiger partial charge >= 0.3 is 0 Å². The summed E-state index contributed by atoms with van der Waals surface area (Å²) in [6.45, 7) is 10.1. The van der Waals surface area contributed by atoms with Crippen molar-refractivity contribution in [1.29, 1.82) is 0 Å². The third-order valence-corrected chi connectivity index (χ3v) is 5.56. The van der Waals surface area contributed by atoms with Gasteiger partial charge in [-0.15, -0.1) is 0 Å². The quantitative estimate of drug-likeness (QED) is 0.643. The number of hydrogen-bond donors (Lipinski definition) is 1. The third-order valence-electron chi connectivity index (χ3n) is 5.56. The normalized spacial score (nSPS) is 12.7. The van der Waals surface area contributed by atoms with E-state index in [1.165, 1.54) is 0 Å². The smallest absolute Gasteiger partial charge is 0.261 e. The molecule has 0 aromatic heterocycles. The van der Waals surface area contributed by atoms with Crippen LogP contribution in [0, 0.1) is 13.8 Å². The Morgan fingerprint density at radius 2 is 1.73 bits per heavy atom. The Kier molecular flexibility index (Phi) is 8.90. The first kappa shape index (κ1) is 23.5. The SMILES string of the molecule is CC[C@@H](C)NC(=O)[C@H](C)N(CCc1ccccc1)C(=O)COc1cccc(C)c1C. The topological polar surface area (TPSA) is 58.6 Å². The van der Waals surface area contributed by atoms with E-state index in [-0.39, 0.29) is 24.5 Å². The van der Waals surface area contributed by atoms with E-state index in [1.807, 2.05) is 76.2 Å². The molecule has 0 bridgehead atoms. The molecule has 30 heavy (non-hydrogen) atoms. The van der Waals surface area contributed by atoms with E-state index < -0.39 is 6.04 Å². The number of hydrogen-bond acceptors (Lipinski definition) is 3. The third kappa shape index (κ3) is 6.61. The van der Waals surface area contributed by atoms with Gasteiger partial charge in [-0.2, -0.15) is 0 Å². The molecule has 2 amide bonds. The summed E-state index contributed by atoms with van der Waals surface area (Å²) in [5.41, 5.74) is 3.26. The second-order valence-corrected chi connectivity index (χ2v) is 7.80. The first-order valence-electron chi connectivity index (χ1n) is 10.7. The summed E-state index contributed by atoms with van der Waals surface area (Å²) < 4.78 is 5.82. The van der Waals surface area contributed by atoms with Crippen molar-refractivity contribution in [2.24, 2.45) is 0 Å². The largest absolute Gasteiger partial charge is 0.483 e. The van der Waals surface area contributed by atoms with Crippen molar-refractivity contribution in [2.75, 3.05) is 13.2 Å². The molecule has 0 radical (unpaired) electrons. The lowest BCUT2D eigenvalue weighted by Crippen LogP contribution is -2.51. The lowest BCUT2D eigenvalue weighted by molar-refractivity contribution is -0.141. The molecule has 1 N–H and O–H groups in total. The zero-order valence-electron chi connectivity index (χ0n) is 18.8. The molecule has 0 fully saturated rings. The monoisotopic (exact) mass is 410 g/mol. The number of benzene rings is 2. The molecule has 0 spiro atoms. The van der Waals surface area contributed by atoms with Crippen molar-refractivity contribution in [3.63, 3.8) is 0 Å². The first-order chi connectivity index (χ1) is 14.3. The standard InChI is InChI=1S/C25H34N2O3/c1-6-19(3)26-25(29)21(5)27(16-15-22-12-8-7-9-13-22)24(28)17-30-23-14-10-11-18(2)20(23)4/h7-14,19,21H,6,15-17H2,1-5H3,(H,26,29)/t19-,21+/m1/s1. The summed E-state index contributed by atoms with van der Waals surface area (Å²) in [6, 6.07) is 15.3. The van der Waals surface area contributed by atoms with Crippen LogP contribution in [0.25, 0.3) is 0 Å². The summed E-state index contributed by atoms with van der Waals surface area (Å²) in [7, 11) is 0. The molecular weight excluding hydrogens is 376 g/mol. The number of carbonyl (C=O) groups is 2. The molecule has 2 atom stereocenters. The highest BCUT2D eigenvalue weighted by atomic mass is 16.5. The Labute approximate surface area is 180 Å². The predicted octanol–water partition coefficient (Wildman–Crippen LogP) is 4.06. The van der Waals surface area contributed by atoms with Gasteiger partial charge in [0.25, 0.3) is 5.91 Å². The van der Waals surface area contributed by atoms with Gasteiger partial charge in [-0.05, 0) is 63.3 Å². The fourth-order valence-electron chi connectivity index (χ4n) is 3.14. The van der Waals surface area contributed by atoms with Gasteiger partial charge < -0.3 is 15.0 Å². The van der Waals surface area contributed by atoms with Crippen LogP contribution in [0.3, 0.4) is 0 Å². The minimum Gasteiger partial charge on any atom is -0.483 e. The van der Waals surface area contributed by atoms with Crippen molar-refractivity contribution < 1.29 is 14.3 Å². The molecule has 0 heterocycles. The van der Waals surface area contributed by atoms with Crippen molar-refractivity contribution in [1.82, 2.24) is 10.2 Å². The Bertz CT molecular complexity index is 836. The number of amides is 2. The number of rotatable bonds is 10. The fourth-order valence-corrected chi connectivity index (χ4v) is 3.14. The summed E-state index contributed by atoms with van der Waals surface area (Å²) in [6.07, 6.45) is 1.52. The van der Waals surface area contributed by atoms with E-state index in [0.29, 0.717) is 18.7 Å². The molecule has 5 heteroatoms. The molecule has 0 saturated carbocycles. The molecule has 2 aromatic rings. The van der Waals surface area contributed by atoms with Gasteiger partial charge in [-0.1, -0.05) is 49.4 Å². The summed E-state index contributed by atoms with van der Waals surface area (Å²) in [4.78, 5) is 27.4. The zero-order valence-corrected chi connectivity index (χ0v) is 18.8. The lowest BCUT2D eigenvalue weighted by Gasteiger charge is -2.29. The van der Waals surface area contributed by atoms with Gasteiger partial charge in [0.1, 0.15) is 11.8 Å². The van der Waals surface area contributed by atoms with E-state index in [4.69, 9.17) is 4.74 Å². The highest BCUT2D eigenvalue weighted by Gasteiger charge is 2.26. The molecule has 5 nitrogen and oxygen atoms in total. The van der Waals surface area contributed by atoms with Gasteiger partial charge in [0, 0.05) is 12.6 Å². The zero-order chi connectivity index (χ0) is 22.1. The van der Waals surface area contributed by atoms with Gasteiger partial charge in [-0.25, -0.2) is 0 Å². The summed E-state index contributed by atoms with van der Waals surface area (Å²) >= 11 is 0. The second-order valence-electron chi connectivity index (χ2n) is 7.80. The van der Waals surface area contributed by atoms with Gasteiger partial charge in [0.2, 0.25) is 5.91 Å². The maximum Gasteiger partial charge on any atom is 0.261 e. The molecule has 162 valence electrons. The highest BCUT2D eigenvalue weighted by Crippen LogP contribution is 2.20. The van der Waals surface area contributed by atoms with Gasteiger partial charge in [0.05, 0.1) is 0 Å². The van der Waals surface area contributed by atoms with Gasteiger partial charge in [0.15, 0.2) is 6.61 Å².